The summed E-state index contributed by atoms with van der Waals surface area (Å²) >= 11 is 0. The number of carbonyl (C=O) groups is 3. The molecule has 0 fully saturated rings. The van der Waals surface area contributed by atoms with Crippen molar-refractivity contribution in [3.05, 3.63) is 71.9 Å². The molecule has 41 heavy (non-hydrogen) atoms. The molecule has 0 aliphatic carbocycles. The van der Waals surface area contributed by atoms with Gasteiger partial charge in [0.05, 0.1) is 41.1 Å². The van der Waals surface area contributed by atoms with Crippen molar-refractivity contribution in [2.45, 2.75) is 24.7 Å². The molecule has 0 aliphatic rings. The van der Waals surface area contributed by atoms with Gasteiger partial charge in [-0.25, -0.2) is 0 Å². The number of nitrogens with two attached hydrogens (primary N) is 3. The van der Waals surface area contributed by atoms with E-state index in [4.69, 9.17) is 22.6 Å². The van der Waals surface area contributed by atoms with E-state index in [1.165, 1.54) is 11.1 Å². The molecule has 0 spiro atoms. The number of para-hydroxylation sites is 1. The summed E-state index contributed by atoms with van der Waals surface area (Å²) in [6, 6.07) is 9.26. The second-order valence-corrected chi connectivity index (χ2v) is 9.11. The predicted molar refractivity (Wildman–Crippen MR) is 148 cm³/mol. The first-order chi connectivity index (χ1) is 19.4. The number of nitrogens with zero attached hydrogens (tertiary/aromatic N) is 2. The summed E-state index contributed by atoms with van der Waals surface area (Å²) in [6.07, 6.45) is -3.65. The van der Waals surface area contributed by atoms with Gasteiger partial charge in [-0.15, -0.1) is 0 Å². The van der Waals surface area contributed by atoms with Crippen LogP contribution in [0.25, 0.3) is 10.9 Å². The first kappa shape index (κ1) is 31.1. The van der Waals surface area contributed by atoms with Crippen molar-refractivity contribution in [1.29, 1.82) is 5.41 Å². The lowest BCUT2D eigenvalue weighted by Crippen LogP contribution is -2.54. The van der Waals surface area contributed by atoms with E-state index in [-0.39, 0.29) is 37.4 Å². The molecule has 9 N–H and O–H groups in total. The van der Waals surface area contributed by atoms with Gasteiger partial charge in [0.1, 0.15) is 0 Å². The highest BCUT2D eigenvalue weighted by molar-refractivity contribution is 6.19. The number of halogens is 3. The van der Waals surface area contributed by atoms with Crippen molar-refractivity contribution in [1.82, 2.24) is 15.2 Å². The monoisotopic (exact) mass is 572 g/mol. The smallest absolute Gasteiger partial charge is 0.340 e. The van der Waals surface area contributed by atoms with Crippen molar-refractivity contribution in [3.63, 3.8) is 0 Å². The van der Waals surface area contributed by atoms with Gasteiger partial charge in [-0.1, -0.05) is 30.3 Å². The maximum Gasteiger partial charge on any atom is 0.416 e. The molecule has 14 heteroatoms. The van der Waals surface area contributed by atoms with E-state index in [2.05, 4.69) is 15.6 Å². The molecule has 0 saturated carbocycles. The summed E-state index contributed by atoms with van der Waals surface area (Å²) in [6.45, 7) is 0.744. The zero-order valence-corrected chi connectivity index (χ0v) is 21.9. The van der Waals surface area contributed by atoms with E-state index in [1.54, 1.807) is 30.3 Å². The summed E-state index contributed by atoms with van der Waals surface area (Å²) in [4.78, 5) is 44.5. The maximum absolute atomic E-state index is 13.3. The molecule has 0 radical (unpaired) electrons. The van der Waals surface area contributed by atoms with Gasteiger partial charge in [0.2, 0.25) is 11.8 Å². The summed E-state index contributed by atoms with van der Waals surface area (Å²) in [5.74, 6) is -2.27. The Morgan fingerprint density at radius 1 is 0.976 bits per heavy atom. The van der Waals surface area contributed by atoms with E-state index in [9.17, 15) is 27.6 Å². The standard InChI is InChI=1S/C27H31F3N8O3/c28-27(29,30)18-7-5-16(6-8-18)23(34)24(26(41)36-19-13-17-3-1-2-4-21(17)35-15-19)37-25(40)20(33)14-22(39)38(11-9-31)12-10-32/h1-8,13,15,20,24,34H,9-12,14,31-33H2,(H,36,41)(H,37,40). The molecular formula is C27H31F3N8O3. The molecule has 3 amide bonds. The summed E-state index contributed by atoms with van der Waals surface area (Å²) in [5.41, 5.74) is 16.4. The van der Waals surface area contributed by atoms with Crippen molar-refractivity contribution < 1.29 is 27.6 Å². The number of alkyl halides is 3. The Labute approximate surface area is 233 Å². The number of fused-ring (bicyclic) bond motifs is 1. The lowest BCUT2D eigenvalue weighted by Gasteiger charge is -2.24. The molecule has 1 heterocycles. The van der Waals surface area contributed by atoms with E-state index in [0.717, 1.165) is 24.3 Å². The predicted octanol–water partition coefficient (Wildman–Crippen LogP) is 1.21. The summed E-state index contributed by atoms with van der Waals surface area (Å²) in [7, 11) is 0. The minimum absolute atomic E-state index is 0.0446. The van der Waals surface area contributed by atoms with Gasteiger partial charge in [-0.2, -0.15) is 13.2 Å². The van der Waals surface area contributed by atoms with Crippen LogP contribution in [0.3, 0.4) is 0 Å². The zero-order valence-electron chi connectivity index (χ0n) is 21.9. The number of hydrogen-bond acceptors (Lipinski definition) is 8. The average Bonchev–Trinajstić information content (AvgIpc) is 2.94. The molecule has 3 rings (SSSR count). The number of hydrogen-bond donors (Lipinski definition) is 6. The van der Waals surface area contributed by atoms with Gasteiger partial charge in [0.25, 0.3) is 5.91 Å². The second-order valence-electron chi connectivity index (χ2n) is 9.11. The van der Waals surface area contributed by atoms with Crippen LogP contribution in [0.2, 0.25) is 0 Å². The Morgan fingerprint density at radius 2 is 1.61 bits per heavy atom. The van der Waals surface area contributed by atoms with Gasteiger partial charge >= 0.3 is 6.18 Å². The van der Waals surface area contributed by atoms with Crippen molar-refractivity contribution in [3.8, 4) is 0 Å². The lowest BCUT2D eigenvalue weighted by atomic mass is 10.00. The highest BCUT2D eigenvalue weighted by Gasteiger charge is 2.32. The molecule has 11 nitrogen and oxygen atoms in total. The minimum Gasteiger partial charge on any atom is -0.340 e. The molecule has 2 unspecified atom stereocenters. The van der Waals surface area contributed by atoms with Crippen LogP contribution in [0.15, 0.2) is 60.8 Å². The van der Waals surface area contributed by atoms with Gasteiger partial charge in [-0.3, -0.25) is 19.4 Å². The van der Waals surface area contributed by atoms with Crippen LogP contribution < -0.4 is 27.8 Å². The molecular weight excluding hydrogens is 541 g/mol. The first-order valence-electron chi connectivity index (χ1n) is 12.6. The van der Waals surface area contributed by atoms with Gasteiger partial charge in [0.15, 0.2) is 6.04 Å². The third-order valence-corrected chi connectivity index (χ3v) is 6.10. The molecule has 0 aliphatic heterocycles. The Hall–Kier alpha value is -4.40. The van der Waals surface area contributed by atoms with Crippen molar-refractivity contribution in [2.24, 2.45) is 17.2 Å². The van der Waals surface area contributed by atoms with Gasteiger partial charge < -0.3 is 38.1 Å². The molecule has 1 aromatic heterocycles. The normalized spacial score (nSPS) is 12.8. The number of aromatic nitrogens is 1. The van der Waals surface area contributed by atoms with E-state index < -0.39 is 53.7 Å². The van der Waals surface area contributed by atoms with Crippen LogP contribution in [0, 0.1) is 5.41 Å². The van der Waals surface area contributed by atoms with Crippen molar-refractivity contribution >= 4 is 40.0 Å². The van der Waals surface area contributed by atoms with Gasteiger partial charge in [0, 0.05) is 31.6 Å². The number of benzene rings is 2. The average molecular weight is 573 g/mol. The third kappa shape index (κ3) is 8.30. The number of amides is 3. The Bertz CT molecular complexity index is 1390. The molecule has 218 valence electrons. The molecule has 2 atom stereocenters. The lowest BCUT2D eigenvalue weighted by molar-refractivity contribution is -0.137. The SMILES string of the molecule is N=C(c1ccc(C(F)(F)F)cc1)C(NC(=O)C(N)CC(=O)N(CCN)CCN)C(=O)Nc1cnc2ccccc2c1. The number of carbonyl (C=O) groups excluding carboxylic acids is 3. The van der Waals surface area contributed by atoms with Crippen LogP contribution in [0.1, 0.15) is 17.5 Å². The van der Waals surface area contributed by atoms with Crippen molar-refractivity contribution in [2.75, 3.05) is 31.5 Å². The highest BCUT2D eigenvalue weighted by atomic mass is 19.4. The molecule has 0 saturated heterocycles. The highest BCUT2D eigenvalue weighted by Crippen LogP contribution is 2.29. The second kappa shape index (κ2) is 13.8. The number of anilines is 1. The first-order valence-corrected chi connectivity index (χ1v) is 12.6. The number of rotatable bonds is 12. The Kier molecular flexibility index (Phi) is 10.5. The van der Waals surface area contributed by atoms with Crippen LogP contribution >= 0.6 is 0 Å². The quantitative estimate of drug-likeness (QED) is 0.176. The maximum atomic E-state index is 13.3. The summed E-state index contributed by atoms with van der Waals surface area (Å²) < 4.78 is 39.1. The molecule has 3 aromatic rings. The topological polar surface area (TPSA) is 193 Å². The molecule has 2 aromatic carbocycles. The minimum atomic E-state index is -4.60. The summed E-state index contributed by atoms with van der Waals surface area (Å²) in [5, 5.41) is 14.2. The van der Waals surface area contributed by atoms with Crippen LogP contribution in [-0.2, 0) is 20.6 Å². The Balaban J connectivity index is 1.84. The number of nitrogens with one attached hydrogen (secondary N) is 3. The van der Waals surface area contributed by atoms with E-state index >= 15 is 0 Å². The van der Waals surface area contributed by atoms with Crippen LogP contribution in [-0.4, -0.2) is 71.6 Å². The fourth-order valence-corrected chi connectivity index (χ4v) is 3.96. The van der Waals surface area contributed by atoms with Gasteiger partial charge in [-0.05, 0) is 29.8 Å². The fourth-order valence-electron chi connectivity index (χ4n) is 3.96. The van der Waals surface area contributed by atoms with Crippen LogP contribution in [0.4, 0.5) is 18.9 Å². The number of pyridine rings is 1. The molecule has 0 bridgehead atoms. The fraction of sp³-hybridized carbons (Fsp3) is 0.296. The van der Waals surface area contributed by atoms with E-state index in [0.29, 0.717) is 10.9 Å². The Morgan fingerprint density at radius 3 is 2.22 bits per heavy atom. The van der Waals surface area contributed by atoms with E-state index in [1.807, 2.05) is 0 Å². The zero-order chi connectivity index (χ0) is 30.2. The third-order valence-electron chi connectivity index (χ3n) is 6.10. The largest absolute Gasteiger partial charge is 0.416 e. The van der Waals surface area contributed by atoms with Crippen LogP contribution in [0.5, 0.6) is 0 Å².